The van der Waals surface area contributed by atoms with Crippen LogP contribution in [0.2, 0.25) is 0 Å². The first-order chi connectivity index (χ1) is 12.7. The molecule has 1 aliphatic heterocycles. The molecule has 1 aliphatic rings. The van der Waals surface area contributed by atoms with E-state index in [0.29, 0.717) is 30.8 Å². The number of hydrogen-bond acceptors (Lipinski definition) is 5. The van der Waals surface area contributed by atoms with Crippen molar-refractivity contribution in [2.24, 2.45) is 5.73 Å². The molecule has 2 aromatic rings. The maximum absolute atomic E-state index is 12.1. The Morgan fingerprint density at radius 2 is 1.89 bits per heavy atom. The molecule has 2 amide bonds. The van der Waals surface area contributed by atoms with Crippen LogP contribution in [0.3, 0.4) is 0 Å². The molecule has 3 rings (SSSR count). The molecule has 0 saturated carbocycles. The Hall–Kier alpha value is -2.19. The Labute approximate surface area is 176 Å². The van der Waals surface area contributed by atoms with Crippen LogP contribution in [0.15, 0.2) is 48.8 Å². The van der Waals surface area contributed by atoms with Crippen LogP contribution in [0.25, 0.3) is 0 Å². The van der Waals surface area contributed by atoms with E-state index in [2.05, 4.69) is 15.6 Å². The third-order valence-corrected chi connectivity index (χ3v) is 4.27. The Morgan fingerprint density at radius 3 is 2.50 bits per heavy atom. The summed E-state index contributed by atoms with van der Waals surface area (Å²) in [5.74, 6) is -0.332. The molecule has 1 aromatic heterocycles. The maximum Gasteiger partial charge on any atom is 0.257 e. The molecule has 28 heavy (non-hydrogen) atoms. The maximum atomic E-state index is 12.1. The second-order valence-electron chi connectivity index (χ2n) is 6.17. The summed E-state index contributed by atoms with van der Waals surface area (Å²) in [6.45, 7) is 0.846. The fraction of sp³-hybridized carbons (Fsp3) is 0.316. The number of nitrogens with two attached hydrogens (primary N) is 1. The molecular weight excluding hydrogens is 403 g/mol. The van der Waals surface area contributed by atoms with Gasteiger partial charge in [0.05, 0.1) is 11.7 Å². The molecule has 0 bridgehead atoms. The van der Waals surface area contributed by atoms with Crippen molar-refractivity contribution in [1.82, 2.24) is 10.3 Å². The van der Waals surface area contributed by atoms with Gasteiger partial charge in [0, 0.05) is 31.2 Å². The molecule has 7 nitrogen and oxygen atoms in total. The Bertz CT molecular complexity index is 760. The molecule has 2 atom stereocenters. The summed E-state index contributed by atoms with van der Waals surface area (Å²) in [5.41, 5.74) is 7.67. The van der Waals surface area contributed by atoms with E-state index in [1.807, 2.05) is 12.1 Å². The van der Waals surface area contributed by atoms with Crippen molar-refractivity contribution in [3.8, 4) is 0 Å². The molecule has 0 spiro atoms. The zero-order chi connectivity index (χ0) is 18.4. The molecule has 1 fully saturated rings. The molecular formula is C19H24Cl2N4O3. The summed E-state index contributed by atoms with van der Waals surface area (Å²) >= 11 is 0. The fourth-order valence-electron chi connectivity index (χ4n) is 2.78. The molecule has 1 saturated heterocycles. The minimum absolute atomic E-state index is 0. The van der Waals surface area contributed by atoms with Gasteiger partial charge in [0.2, 0.25) is 5.91 Å². The minimum atomic E-state index is -0.415. The number of pyridine rings is 1. The number of aromatic nitrogens is 1. The van der Waals surface area contributed by atoms with Crippen molar-refractivity contribution < 1.29 is 14.3 Å². The SMILES string of the molecule is Cl.Cl.NC[C@H]1CC[C@@H](C(=O)NCc2ccc(NC(=O)c3cccnc3)cc2)O1. The number of carbonyl (C=O) groups excluding carboxylic acids is 2. The van der Waals surface area contributed by atoms with E-state index in [9.17, 15) is 9.59 Å². The van der Waals surface area contributed by atoms with E-state index in [4.69, 9.17) is 10.5 Å². The standard InChI is InChI=1S/C19H22N4O3.2ClH/c20-10-16-7-8-17(26-16)19(25)22-11-13-3-5-15(6-4-13)23-18(24)14-2-1-9-21-12-14;;/h1-6,9,12,16-17H,7-8,10-11,20H2,(H,22,25)(H,23,24);2*1H/t16-,17+;;/m1../s1. The predicted molar refractivity (Wildman–Crippen MR) is 112 cm³/mol. The van der Waals surface area contributed by atoms with Gasteiger partial charge >= 0.3 is 0 Å². The first-order valence-electron chi connectivity index (χ1n) is 8.59. The van der Waals surface area contributed by atoms with Crippen molar-refractivity contribution >= 4 is 42.3 Å². The summed E-state index contributed by atoms with van der Waals surface area (Å²) in [5, 5.41) is 5.68. The molecule has 9 heteroatoms. The first kappa shape index (κ1) is 23.8. The molecule has 1 aromatic carbocycles. The lowest BCUT2D eigenvalue weighted by molar-refractivity contribution is -0.132. The van der Waals surface area contributed by atoms with Gasteiger partial charge < -0.3 is 21.1 Å². The number of ether oxygens (including phenoxy) is 1. The number of carbonyl (C=O) groups is 2. The van der Waals surface area contributed by atoms with Crippen LogP contribution in [0, 0.1) is 0 Å². The van der Waals surface area contributed by atoms with Gasteiger partial charge in [0.1, 0.15) is 6.10 Å². The van der Waals surface area contributed by atoms with Gasteiger partial charge in [-0.25, -0.2) is 0 Å². The topological polar surface area (TPSA) is 106 Å². The Morgan fingerprint density at radius 1 is 1.14 bits per heavy atom. The smallest absolute Gasteiger partial charge is 0.257 e. The van der Waals surface area contributed by atoms with Gasteiger partial charge in [-0.3, -0.25) is 14.6 Å². The van der Waals surface area contributed by atoms with Crippen LogP contribution >= 0.6 is 24.8 Å². The quantitative estimate of drug-likeness (QED) is 0.656. The van der Waals surface area contributed by atoms with Crippen LogP contribution < -0.4 is 16.4 Å². The third kappa shape index (κ3) is 6.45. The number of nitrogens with zero attached hydrogens (tertiary/aromatic N) is 1. The van der Waals surface area contributed by atoms with E-state index >= 15 is 0 Å². The minimum Gasteiger partial charge on any atom is -0.364 e. The number of anilines is 1. The highest BCUT2D eigenvalue weighted by atomic mass is 35.5. The summed E-state index contributed by atoms with van der Waals surface area (Å²) in [7, 11) is 0. The van der Waals surface area contributed by atoms with Crippen molar-refractivity contribution in [3.63, 3.8) is 0 Å². The number of nitrogens with one attached hydrogen (secondary N) is 2. The van der Waals surface area contributed by atoms with E-state index in [1.165, 1.54) is 6.20 Å². The van der Waals surface area contributed by atoms with Gasteiger partial charge in [-0.2, -0.15) is 0 Å². The molecule has 0 unspecified atom stereocenters. The van der Waals surface area contributed by atoms with Crippen molar-refractivity contribution in [2.45, 2.75) is 31.6 Å². The molecule has 2 heterocycles. The van der Waals surface area contributed by atoms with E-state index in [1.54, 1.807) is 30.5 Å². The average molecular weight is 427 g/mol. The molecule has 4 N–H and O–H groups in total. The van der Waals surface area contributed by atoms with Crippen LogP contribution in [0.5, 0.6) is 0 Å². The van der Waals surface area contributed by atoms with Crippen LogP contribution in [-0.4, -0.2) is 35.6 Å². The lowest BCUT2D eigenvalue weighted by Gasteiger charge is -2.13. The fourth-order valence-corrected chi connectivity index (χ4v) is 2.78. The van der Waals surface area contributed by atoms with Crippen molar-refractivity contribution in [3.05, 3.63) is 59.9 Å². The van der Waals surface area contributed by atoms with Gasteiger partial charge in [-0.05, 0) is 42.7 Å². The second-order valence-corrected chi connectivity index (χ2v) is 6.17. The normalized spacial score (nSPS) is 17.8. The van der Waals surface area contributed by atoms with E-state index < -0.39 is 6.10 Å². The highest BCUT2D eigenvalue weighted by Crippen LogP contribution is 2.19. The number of benzene rings is 1. The Kier molecular flexibility index (Phi) is 9.89. The van der Waals surface area contributed by atoms with Crippen LogP contribution in [0.1, 0.15) is 28.8 Å². The van der Waals surface area contributed by atoms with Gasteiger partial charge in [-0.15, -0.1) is 24.8 Å². The number of amides is 2. The highest BCUT2D eigenvalue weighted by Gasteiger charge is 2.29. The molecule has 0 aliphatic carbocycles. The molecule has 0 radical (unpaired) electrons. The Balaban J connectivity index is 0.00000196. The van der Waals surface area contributed by atoms with Crippen molar-refractivity contribution in [2.75, 3.05) is 11.9 Å². The second kappa shape index (κ2) is 11.6. The number of halogens is 2. The lowest BCUT2D eigenvalue weighted by Crippen LogP contribution is -2.35. The average Bonchev–Trinajstić information content (AvgIpc) is 3.17. The van der Waals surface area contributed by atoms with Gasteiger partial charge in [-0.1, -0.05) is 12.1 Å². The monoisotopic (exact) mass is 426 g/mol. The zero-order valence-electron chi connectivity index (χ0n) is 15.2. The van der Waals surface area contributed by atoms with Gasteiger partial charge in [0.25, 0.3) is 5.91 Å². The van der Waals surface area contributed by atoms with E-state index in [-0.39, 0.29) is 42.7 Å². The summed E-state index contributed by atoms with van der Waals surface area (Å²) in [6, 6.07) is 10.7. The van der Waals surface area contributed by atoms with Crippen LogP contribution in [0.4, 0.5) is 5.69 Å². The van der Waals surface area contributed by atoms with E-state index in [0.717, 1.165) is 12.0 Å². The number of hydrogen-bond donors (Lipinski definition) is 3. The summed E-state index contributed by atoms with van der Waals surface area (Å²) in [4.78, 5) is 28.1. The first-order valence-corrected chi connectivity index (χ1v) is 8.59. The summed E-state index contributed by atoms with van der Waals surface area (Å²) < 4.78 is 5.58. The summed E-state index contributed by atoms with van der Waals surface area (Å²) in [6.07, 6.45) is 4.22. The lowest BCUT2D eigenvalue weighted by atomic mass is 10.1. The molecule has 152 valence electrons. The van der Waals surface area contributed by atoms with Crippen LogP contribution in [-0.2, 0) is 16.1 Å². The third-order valence-electron chi connectivity index (χ3n) is 4.27. The van der Waals surface area contributed by atoms with Gasteiger partial charge in [0.15, 0.2) is 0 Å². The zero-order valence-corrected chi connectivity index (χ0v) is 16.8. The number of rotatable bonds is 6. The highest BCUT2D eigenvalue weighted by molar-refractivity contribution is 6.04. The van der Waals surface area contributed by atoms with Crippen molar-refractivity contribution in [1.29, 1.82) is 0 Å². The predicted octanol–water partition coefficient (Wildman–Crippen LogP) is 2.30. The largest absolute Gasteiger partial charge is 0.364 e.